The van der Waals surface area contributed by atoms with Crippen LogP contribution in [-0.2, 0) is 0 Å². The van der Waals surface area contributed by atoms with Crippen molar-refractivity contribution in [3.05, 3.63) is 28.9 Å². The summed E-state index contributed by atoms with van der Waals surface area (Å²) in [5, 5.41) is 2.31. The second kappa shape index (κ2) is 3.12. The highest BCUT2D eigenvalue weighted by Gasteiger charge is 2.09. The van der Waals surface area contributed by atoms with E-state index in [1.165, 1.54) is 17.4 Å². The summed E-state index contributed by atoms with van der Waals surface area (Å²) in [5.41, 5.74) is 0.302. The Morgan fingerprint density at radius 3 is 3.00 bits per heavy atom. The van der Waals surface area contributed by atoms with Crippen molar-refractivity contribution in [3.63, 3.8) is 0 Å². The van der Waals surface area contributed by atoms with Crippen LogP contribution in [-0.4, -0.2) is 6.29 Å². The summed E-state index contributed by atoms with van der Waals surface area (Å²) in [5.74, 6) is -0.365. The Morgan fingerprint density at radius 1 is 1.54 bits per heavy atom. The molecule has 0 aliphatic heterocycles. The molecule has 1 aromatic heterocycles. The van der Waals surface area contributed by atoms with Gasteiger partial charge in [-0.25, -0.2) is 4.39 Å². The van der Waals surface area contributed by atoms with Crippen molar-refractivity contribution in [3.8, 4) is 0 Å². The second-order valence-electron chi connectivity index (χ2n) is 2.58. The molecule has 66 valence electrons. The van der Waals surface area contributed by atoms with Gasteiger partial charge in [0.2, 0.25) is 0 Å². The molecule has 0 bridgehead atoms. The van der Waals surface area contributed by atoms with Crippen LogP contribution in [0.25, 0.3) is 10.1 Å². The smallest absolute Gasteiger partial charge is 0.151 e. The largest absolute Gasteiger partial charge is 0.298 e. The third-order valence-corrected chi connectivity index (χ3v) is 3.39. The summed E-state index contributed by atoms with van der Waals surface area (Å²) in [6, 6.07) is 2.90. The summed E-state index contributed by atoms with van der Waals surface area (Å²) in [4.78, 5) is 11.1. The fourth-order valence-electron chi connectivity index (χ4n) is 1.18. The lowest BCUT2D eigenvalue weighted by Crippen LogP contribution is -1.86. The molecule has 0 spiro atoms. The normalized spacial score (nSPS) is 10.6. The van der Waals surface area contributed by atoms with Gasteiger partial charge in [-0.3, -0.25) is 4.79 Å². The molecule has 0 atom stereocenters. The van der Waals surface area contributed by atoms with E-state index in [2.05, 4.69) is 12.6 Å². The zero-order valence-corrected chi connectivity index (χ0v) is 8.16. The maximum absolute atomic E-state index is 13.3. The van der Waals surface area contributed by atoms with Gasteiger partial charge in [-0.1, -0.05) is 0 Å². The van der Waals surface area contributed by atoms with E-state index >= 15 is 0 Å². The molecule has 1 aromatic carbocycles. The van der Waals surface area contributed by atoms with Gasteiger partial charge in [-0.15, -0.1) is 24.0 Å². The van der Waals surface area contributed by atoms with Crippen molar-refractivity contribution in [1.29, 1.82) is 0 Å². The zero-order valence-electron chi connectivity index (χ0n) is 6.45. The lowest BCUT2D eigenvalue weighted by Gasteiger charge is -1.99. The van der Waals surface area contributed by atoms with Crippen LogP contribution < -0.4 is 0 Å². The van der Waals surface area contributed by atoms with Crippen molar-refractivity contribution in [1.82, 2.24) is 0 Å². The van der Waals surface area contributed by atoms with Crippen LogP contribution in [0.15, 0.2) is 22.4 Å². The molecule has 1 heterocycles. The number of carbonyl (C=O) groups is 1. The Kier molecular flexibility index (Phi) is 2.09. The first-order valence-electron chi connectivity index (χ1n) is 3.58. The molecule has 0 radical (unpaired) electrons. The molecular weight excluding hydrogens is 207 g/mol. The first-order valence-corrected chi connectivity index (χ1v) is 4.90. The number of rotatable bonds is 1. The van der Waals surface area contributed by atoms with Crippen molar-refractivity contribution in [2.24, 2.45) is 0 Å². The molecule has 0 unspecified atom stereocenters. The summed E-state index contributed by atoms with van der Waals surface area (Å²) in [7, 11) is 0. The van der Waals surface area contributed by atoms with Gasteiger partial charge in [0.1, 0.15) is 5.82 Å². The maximum Gasteiger partial charge on any atom is 0.151 e. The molecular formula is C9H5FOS2. The second-order valence-corrected chi connectivity index (χ2v) is 3.94. The van der Waals surface area contributed by atoms with Crippen LogP contribution in [0.3, 0.4) is 0 Å². The molecule has 0 saturated heterocycles. The number of halogens is 1. The number of benzene rings is 1. The minimum absolute atomic E-state index is 0.302. The Bertz CT molecular complexity index is 476. The van der Waals surface area contributed by atoms with Gasteiger partial charge in [0.25, 0.3) is 0 Å². The van der Waals surface area contributed by atoms with Gasteiger partial charge >= 0.3 is 0 Å². The van der Waals surface area contributed by atoms with E-state index in [0.717, 1.165) is 4.70 Å². The molecule has 0 aliphatic rings. The fourth-order valence-corrected chi connectivity index (χ4v) is 2.44. The molecule has 0 N–H and O–H groups in total. The minimum atomic E-state index is -0.365. The Balaban J connectivity index is 2.93. The predicted octanol–water partition coefficient (Wildman–Crippen LogP) is 3.14. The Labute approximate surface area is 83.6 Å². The topological polar surface area (TPSA) is 17.1 Å². The zero-order chi connectivity index (χ0) is 9.42. The highest BCUT2D eigenvalue weighted by atomic mass is 32.1. The number of fused-ring (bicyclic) bond motifs is 1. The van der Waals surface area contributed by atoms with Crippen LogP contribution in [0.2, 0.25) is 0 Å². The van der Waals surface area contributed by atoms with Crippen LogP contribution in [0.1, 0.15) is 10.4 Å². The summed E-state index contributed by atoms with van der Waals surface area (Å²) < 4.78 is 14.0. The van der Waals surface area contributed by atoms with E-state index < -0.39 is 0 Å². The van der Waals surface area contributed by atoms with E-state index in [0.29, 0.717) is 22.1 Å². The van der Waals surface area contributed by atoms with Crippen molar-refractivity contribution in [2.75, 3.05) is 0 Å². The van der Waals surface area contributed by atoms with Crippen LogP contribution in [0.5, 0.6) is 0 Å². The van der Waals surface area contributed by atoms with E-state index in [4.69, 9.17) is 0 Å². The van der Waals surface area contributed by atoms with E-state index in [9.17, 15) is 9.18 Å². The summed E-state index contributed by atoms with van der Waals surface area (Å²) in [6.07, 6.45) is 0.616. The van der Waals surface area contributed by atoms with Crippen LogP contribution in [0, 0.1) is 5.82 Å². The van der Waals surface area contributed by atoms with Crippen LogP contribution >= 0.6 is 24.0 Å². The molecule has 0 saturated carbocycles. The maximum atomic E-state index is 13.3. The first-order chi connectivity index (χ1) is 6.24. The quantitative estimate of drug-likeness (QED) is 0.567. The summed E-state index contributed by atoms with van der Waals surface area (Å²) in [6.45, 7) is 0. The molecule has 13 heavy (non-hydrogen) atoms. The Hall–Kier alpha value is -0.870. The van der Waals surface area contributed by atoms with Crippen molar-refractivity contribution in [2.45, 2.75) is 4.90 Å². The van der Waals surface area contributed by atoms with Gasteiger partial charge < -0.3 is 0 Å². The Morgan fingerprint density at radius 2 is 2.31 bits per heavy atom. The van der Waals surface area contributed by atoms with Gasteiger partial charge in [-0.2, -0.15) is 0 Å². The van der Waals surface area contributed by atoms with Gasteiger partial charge in [-0.05, 0) is 17.5 Å². The van der Waals surface area contributed by atoms with Gasteiger partial charge in [0, 0.05) is 15.8 Å². The number of hydrogen-bond donors (Lipinski definition) is 1. The van der Waals surface area contributed by atoms with E-state index in [1.54, 1.807) is 11.4 Å². The fraction of sp³-hybridized carbons (Fsp3) is 0. The van der Waals surface area contributed by atoms with Gasteiger partial charge in [0.05, 0.1) is 4.70 Å². The number of aldehydes is 1. The van der Waals surface area contributed by atoms with Crippen molar-refractivity contribution >= 4 is 40.3 Å². The molecule has 0 amide bonds. The number of carbonyl (C=O) groups excluding carboxylic acids is 1. The third-order valence-electron chi connectivity index (χ3n) is 1.82. The predicted molar refractivity (Wildman–Crippen MR) is 54.4 cm³/mol. The molecule has 0 aliphatic carbocycles. The average Bonchev–Trinajstić information content (AvgIpc) is 2.60. The monoisotopic (exact) mass is 212 g/mol. The van der Waals surface area contributed by atoms with E-state index in [-0.39, 0.29) is 5.82 Å². The van der Waals surface area contributed by atoms with E-state index in [1.807, 2.05) is 0 Å². The summed E-state index contributed by atoms with van der Waals surface area (Å²) >= 11 is 5.55. The molecule has 2 rings (SSSR count). The number of thiol groups is 1. The highest BCUT2D eigenvalue weighted by molar-refractivity contribution is 7.80. The first kappa shape index (κ1) is 8.72. The van der Waals surface area contributed by atoms with Gasteiger partial charge in [0.15, 0.2) is 6.29 Å². The minimum Gasteiger partial charge on any atom is -0.298 e. The molecule has 2 aromatic rings. The standard InChI is InChI=1S/C9H5FOS2/c10-7-3-5(4-11)8(12)9-6(7)1-2-13-9/h1-4,12H. The van der Waals surface area contributed by atoms with Crippen molar-refractivity contribution < 1.29 is 9.18 Å². The highest BCUT2D eigenvalue weighted by Crippen LogP contribution is 2.31. The lowest BCUT2D eigenvalue weighted by atomic mass is 10.2. The molecule has 1 nitrogen and oxygen atoms in total. The number of hydrogen-bond acceptors (Lipinski definition) is 3. The average molecular weight is 212 g/mol. The van der Waals surface area contributed by atoms with Crippen LogP contribution in [0.4, 0.5) is 4.39 Å². The third kappa shape index (κ3) is 1.26. The molecule has 0 fully saturated rings. The number of thiophene rings is 1. The SMILES string of the molecule is O=Cc1cc(F)c2ccsc2c1S. The lowest BCUT2D eigenvalue weighted by molar-refractivity contribution is 0.112. The molecule has 4 heteroatoms.